The Bertz CT molecular complexity index is 1050. The third-order valence-electron chi connectivity index (χ3n) is 4.33. The summed E-state index contributed by atoms with van der Waals surface area (Å²) in [5, 5.41) is 0.634. The number of benzene rings is 2. The lowest BCUT2D eigenvalue weighted by Crippen LogP contribution is -2.38. The first-order chi connectivity index (χ1) is 13.0. The van der Waals surface area contributed by atoms with E-state index in [-0.39, 0.29) is 18.7 Å². The molecule has 0 aliphatic carbocycles. The van der Waals surface area contributed by atoms with Gasteiger partial charge in [0.1, 0.15) is 17.7 Å². The van der Waals surface area contributed by atoms with Gasteiger partial charge in [0.2, 0.25) is 0 Å². The lowest BCUT2D eigenvalue weighted by Gasteiger charge is -2.22. The van der Waals surface area contributed by atoms with E-state index in [9.17, 15) is 14.4 Å². The molecule has 3 aromatic rings. The van der Waals surface area contributed by atoms with Crippen LogP contribution in [0.2, 0.25) is 0 Å². The molecule has 2 aromatic carbocycles. The Labute approximate surface area is 156 Å². The zero-order chi connectivity index (χ0) is 19.4. The summed E-state index contributed by atoms with van der Waals surface area (Å²) in [5.74, 6) is -1.15. The highest BCUT2D eigenvalue weighted by Crippen LogP contribution is 2.16. The fourth-order valence-electron chi connectivity index (χ4n) is 2.79. The van der Waals surface area contributed by atoms with E-state index >= 15 is 0 Å². The first kappa shape index (κ1) is 18.4. The monoisotopic (exact) mass is 365 g/mol. The van der Waals surface area contributed by atoms with Gasteiger partial charge in [0.25, 0.3) is 5.91 Å². The number of fused-ring (bicyclic) bond motifs is 1. The maximum absolute atomic E-state index is 13.0. The maximum atomic E-state index is 13.0. The van der Waals surface area contributed by atoms with E-state index in [1.807, 2.05) is 31.2 Å². The number of ether oxygens (including phenoxy) is 1. The summed E-state index contributed by atoms with van der Waals surface area (Å²) in [6.07, 6.45) is 0. The van der Waals surface area contributed by atoms with Gasteiger partial charge in [-0.25, -0.2) is 4.79 Å². The van der Waals surface area contributed by atoms with Gasteiger partial charge in [0, 0.05) is 11.9 Å². The molecule has 1 aromatic heterocycles. The number of carbonyl (C=O) groups is 2. The first-order valence-corrected chi connectivity index (χ1v) is 8.43. The molecule has 0 aliphatic heterocycles. The van der Waals surface area contributed by atoms with Crippen LogP contribution in [0.1, 0.15) is 21.5 Å². The van der Waals surface area contributed by atoms with Gasteiger partial charge in [-0.05, 0) is 30.2 Å². The van der Waals surface area contributed by atoms with Crippen LogP contribution < -0.4 is 5.63 Å². The van der Waals surface area contributed by atoms with E-state index in [2.05, 4.69) is 0 Å². The second-order valence-corrected chi connectivity index (χ2v) is 6.15. The molecular formula is C21H19NO5. The van der Waals surface area contributed by atoms with Crippen LogP contribution in [0.15, 0.2) is 63.8 Å². The van der Waals surface area contributed by atoms with Crippen molar-refractivity contribution < 1.29 is 18.7 Å². The molecule has 6 nitrogen and oxygen atoms in total. The maximum Gasteiger partial charge on any atom is 0.349 e. The minimum absolute atomic E-state index is 0.119. The number of methoxy groups -OCH3 is 1. The molecule has 1 heterocycles. The van der Waals surface area contributed by atoms with Crippen LogP contribution >= 0.6 is 0 Å². The molecule has 0 saturated carbocycles. The highest BCUT2D eigenvalue weighted by molar-refractivity contribution is 5.98. The van der Waals surface area contributed by atoms with Crippen molar-refractivity contribution in [2.24, 2.45) is 0 Å². The number of esters is 1. The SMILES string of the molecule is COC(=O)CN(Cc1ccccc1C)C(=O)c1cc2ccccc2oc1=O. The Balaban J connectivity index is 1.99. The molecule has 0 bridgehead atoms. The van der Waals surface area contributed by atoms with Crippen LogP contribution in [0.5, 0.6) is 0 Å². The summed E-state index contributed by atoms with van der Waals surface area (Å²) >= 11 is 0. The number of nitrogens with zero attached hydrogens (tertiary/aromatic N) is 1. The lowest BCUT2D eigenvalue weighted by atomic mass is 10.1. The zero-order valence-electron chi connectivity index (χ0n) is 15.1. The van der Waals surface area contributed by atoms with Gasteiger partial charge in [0.05, 0.1) is 7.11 Å². The number of amides is 1. The first-order valence-electron chi connectivity index (χ1n) is 8.43. The van der Waals surface area contributed by atoms with Crippen molar-refractivity contribution >= 4 is 22.8 Å². The predicted octanol–water partition coefficient (Wildman–Crippen LogP) is 2.92. The molecule has 0 aliphatic rings. The summed E-state index contributed by atoms with van der Waals surface area (Å²) in [4.78, 5) is 38.5. The quantitative estimate of drug-likeness (QED) is 0.513. The van der Waals surface area contributed by atoms with Gasteiger partial charge in [-0.1, -0.05) is 42.5 Å². The fraction of sp³-hybridized carbons (Fsp3) is 0.190. The van der Waals surface area contributed by atoms with Crippen molar-refractivity contribution in [2.45, 2.75) is 13.5 Å². The van der Waals surface area contributed by atoms with E-state index in [0.29, 0.717) is 11.0 Å². The molecule has 0 unspecified atom stereocenters. The minimum Gasteiger partial charge on any atom is -0.468 e. The van der Waals surface area contributed by atoms with E-state index < -0.39 is 17.5 Å². The number of para-hydroxylation sites is 1. The van der Waals surface area contributed by atoms with Crippen molar-refractivity contribution in [2.75, 3.05) is 13.7 Å². The van der Waals surface area contributed by atoms with Gasteiger partial charge >= 0.3 is 11.6 Å². The Morgan fingerprint density at radius 2 is 1.78 bits per heavy atom. The molecule has 138 valence electrons. The van der Waals surface area contributed by atoms with Crippen molar-refractivity contribution in [1.29, 1.82) is 0 Å². The van der Waals surface area contributed by atoms with Gasteiger partial charge < -0.3 is 14.1 Å². The largest absolute Gasteiger partial charge is 0.468 e. The van der Waals surface area contributed by atoms with Gasteiger partial charge in [-0.15, -0.1) is 0 Å². The fourth-order valence-corrected chi connectivity index (χ4v) is 2.79. The standard InChI is InChI=1S/C21H19NO5/c1-14-7-3-4-9-16(14)12-22(13-19(23)26-2)20(24)17-11-15-8-5-6-10-18(15)27-21(17)25/h3-11H,12-13H2,1-2H3. The van der Waals surface area contributed by atoms with Gasteiger partial charge in [-0.3, -0.25) is 9.59 Å². The molecule has 0 spiro atoms. The molecule has 0 N–H and O–H groups in total. The van der Waals surface area contributed by atoms with Crippen LogP contribution in [-0.2, 0) is 16.1 Å². The Morgan fingerprint density at radius 1 is 1.07 bits per heavy atom. The molecule has 1 amide bonds. The van der Waals surface area contributed by atoms with Crippen LogP contribution in [-0.4, -0.2) is 30.4 Å². The third kappa shape index (κ3) is 4.06. The highest BCUT2D eigenvalue weighted by atomic mass is 16.5. The zero-order valence-corrected chi connectivity index (χ0v) is 15.1. The van der Waals surface area contributed by atoms with Crippen molar-refractivity contribution in [3.63, 3.8) is 0 Å². The topological polar surface area (TPSA) is 76.8 Å². The van der Waals surface area contributed by atoms with Crippen molar-refractivity contribution in [1.82, 2.24) is 4.90 Å². The number of carbonyl (C=O) groups excluding carboxylic acids is 2. The minimum atomic E-state index is -0.738. The summed E-state index contributed by atoms with van der Waals surface area (Å²) < 4.78 is 9.95. The molecule has 27 heavy (non-hydrogen) atoms. The molecule has 6 heteroatoms. The summed E-state index contributed by atoms with van der Waals surface area (Å²) in [5.41, 5.74) is 1.40. The Hall–Kier alpha value is -3.41. The van der Waals surface area contributed by atoms with Crippen LogP contribution in [0.4, 0.5) is 0 Å². The highest BCUT2D eigenvalue weighted by Gasteiger charge is 2.23. The van der Waals surface area contributed by atoms with Gasteiger partial charge in [-0.2, -0.15) is 0 Å². The van der Waals surface area contributed by atoms with Crippen molar-refractivity contribution in [3.05, 3.63) is 81.7 Å². The second kappa shape index (κ2) is 7.86. The summed E-state index contributed by atoms with van der Waals surface area (Å²) in [6.45, 7) is 1.82. The van der Waals surface area contributed by atoms with E-state index in [1.54, 1.807) is 24.3 Å². The average molecular weight is 365 g/mol. The van der Waals surface area contributed by atoms with E-state index in [1.165, 1.54) is 18.1 Å². The molecule has 3 rings (SSSR count). The smallest absolute Gasteiger partial charge is 0.349 e. The van der Waals surface area contributed by atoms with Crippen molar-refractivity contribution in [3.8, 4) is 0 Å². The Kier molecular flexibility index (Phi) is 5.35. The molecule has 0 radical (unpaired) electrons. The Morgan fingerprint density at radius 3 is 2.52 bits per heavy atom. The second-order valence-electron chi connectivity index (χ2n) is 6.15. The van der Waals surface area contributed by atoms with E-state index in [4.69, 9.17) is 9.15 Å². The molecular weight excluding hydrogens is 346 g/mol. The normalized spacial score (nSPS) is 10.6. The van der Waals surface area contributed by atoms with Crippen LogP contribution in [0.3, 0.4) is 0 Å². The predicted molar refractivity (Wildman–Crippen MR) is 100 cm³/mol. The summed E-state index contributed by atoms with van der Waals surface area (Å²) in [7, 11) is 1.25. The molecule has 0 atom stereocenters. The van der Waals surface area contributed by atoms with Crippen LogP contribution in [0.25, 0.3) is 11.0 Å². The lowest BCUT2D eigenvalue weighted by molar-refractivity contribution is -0.141. The molecule has 0 saturated heterocycles. The number of hydrogen-bond acceptors (Lipinski definition) is 5. The van der Waals surface area contributed by atoms with Gasteiger partial charge in [0.15, 0.2) is 0 Å². The third-order valence-corrected chi connectivity index (χ3v) is 4.33. The van der Waals surface area contributed by atoms with Crippen LogP contribution in [0, 0.1) is 6.92 Å². The number of rotatable bonds is 5. The number of aryl methyl sites for hydroxylation is 1. The van der Waals surface area contributed by atoms with E-state index in [0.717, 1.165) is 11.1 Å². The molecule has 0 fully saturated rings. The number of hydrogen-bond donors (Lipinski definition) is 0. The summed E-state index contributed by atoms with van der Waals surface area (Å²) in [6, 6.07) is 16.0. The average Bonchev–Trinajstić information content (AvgIpc) is 2.67.